The first kappa shape index (κ1) is 22.3. The van der Waals surface area contributed by atoms with Crippen LogP contribution in [0.4, 0.5) is 9.59 Å². The van der Waals surface area contributed by atoms with Crippen LogP contribution >= 0.6 is 0 Å². The van der Waals surface area contributed by atoms with Crippen molar-refractivity contribution >= 4 is 18.2 Å². The second kappa shape index (κ2) is 8.28. The van der Waals surface area contributed by atoms with Crippen LogP contribution in [0.1, 0.15) is 47.1 Å². The monoisotopic (exact) mass is 381 g/mol. The summed E-state index contributed by atoms with van der Waals surface area (Å²) < 4.78 is 10.4. The highest BCUT2D eigenvalue weighted by Crippen LogP contribution is 2.20. The predicted molar refractivity (Wildman–Crippen MR) is 97.5 cm³/mol. The number of carbonyl (C=O) groups excluding carboxylic acids is 2. The summed E-state index contributed by atoms with van der Waals surface area (Å²) in [7, 11) is 0. The van der Waals surface area contributed by atoms with Crippen LogP contribution in [0.25, 0.3) is 0 Å². The number of carboxylic acids is 1. The lowest BCUT2D eigenvalue weighted by molar-refractivity contribution is -0.143. The van der Waals surface area contributed by atoms with Gasteiger partial charge >= 0.3 is 18.2 Å². The van der Waals surface area contributed by atoms with E-state index in [2.05, 4.69) is 0 Å². The van der Waals surface area contributed by atoms with Crippen molar-refractivity contribution in [1.82, 2.24) is 4.90 Å². The Balaban J connectivity index is 3.24. The van der Waals surface area contributed by atoms with Crippen molar-refractivity contribution in [1.29, 1.82) is 0 Å². The molecule has 0 radical (unpaired) electrons. The Hall–Kier alpha value is -2.77. The highest BCUT2D eigenvalue weighted by atomic mass is 16.6. The van der Waals surface area contributed by atoms with Gasteiger partial charge in [0, 0.05) is 6.42 Å². The molecule has 8 heteroatoms. The fraction of sp³-hybridized carbons (Fsp3) is 0.526. The first-order valence-corrected chi connectivity index (χ1v) is 8.45. The van der Waals surface area contributed by atoms with Gasteiger partial charge in [0.2, 0.25) is 0 Å². The molecule has 8 nitrogen and oxygen atoms in total. The molecule has 1 atom stereocenters. The third-order valence-electron chi connectivity index (χ3n) is 3.14. The minimum Gasteiger partial charge on any atom is -0.508 e. The Morgan fingerprint density at radius 3 is 1.67 bits per heavy atom. The zero-order valence-electron chi connectivity index (χ0n) is 16.5. The first-order chi connectivity index (χ1) is 12.2. The molecule has 0 aromatic heterocycles. The van der Waals surface area contributed by atoms with Gasteiger partial charge in [-0.1, -0.05) is 12.1 Å². The van der Waals surface area contributed by atoms with E-state index in [1.165, 1.54) is 24.3 Å². The Kier molecular flexibility index (Phi) is 6.83. The highest BCUT2D eigenvalue weighted by Gasteiger charge is 2.40. The molecule has 0 heterocycles. The number of rotatable bonds is 4. The molecule has 2 N–H and O–H groups in total. The minimum atomic E-state index is -1.54. The third kappa shape index (κ3) is 7.55. The fourth-order valence-electron chi connectivity index (χ4n) is 2.10. The van der Waals surface area contributed by atoms with Gasteiger partial charge in [-0.2, -0.15) is 4.90 Å². The molecule has 0 saturated heterocycles. The van der Waals surface area contributed by atoms with E-state index in [1.54, 1.807) is 41.5 Å². The van der Waals surface area contributed by atoms with E-state index in [-0.39, 0.29) is 12.2 Å². The average molecular weight is 381 g/mol. The zero-order chi connectivity index (χ0) is 21.0. The van der Waals surface area contributed by atoms with Crippen molar-refractivity contribution in [3.05, 3.63) is 29.8 Å². The van der Waals surface area contributed by atoms with Gasteiger partial charge in [-0.25, -0.2) is 14.4 Å². The summed E-state index contributed by atoms with van der Waals surface area (Å²) in [5.41, 5.74) is -1.35. The molecule has 0 unspecified atom stereocenters. The summed E-state index contributed by atoms with van der Waals surface area (Å²) >= 11 is 0. The van der Waals surface area contributed by atoms with Crippen LogP contribution in [0.2, 0.25) is 0 Å². The number of carbonyl (C=O) groups is 3. The van der Waals surface area contributed by atoms with Crippen molar-refractivity contribution < 1.29 is 34.1 Å². The summed E-state index contributed by atoms with van der Waals surface area (Å²) in [4.78, 5) is 37.5. The topological polar surface area (TPSA) is 113 Å². The number of hydrogen-bond donors (Lipinski definition) is 2. The number of phenols is 1. The van der Waals surface area contributed by atoms with E-state index in [0.717, 1.165) is 0 Å². The zero-order valence-corrected chi connectivity index (χ0v) is 16.5. The molecule has 0 aliphatic heterocycles. The number of nitrogens with zero attached hydrogens (tertiary/aromatic N) is 1. The van der Waals surface area contributed by atoms with E-state index in [0.29, 0.717) is 10.5 Å². The maximum atomic E-state index is 12.6. The van der Waals surface area contributed by atoms with Crippen LogP contribution in [-0.4, -0.2) is 50.5 Å². The number of benzene rings is 1. The number of carboxylic acid groups (broad SMARTS) is 1. The van der Waals surface area contributed by atoms with Crippen LogP contribution in [0, 0.1) is 0 Å². The van der Waals surface area contributed by atoms with Gasteiger partial charge in [0.15, 0.2) is 0 Å². The molecular formula is C19H27NO7. The molecule has 0 aliphatic rings. The van der Waals surface area contributed by atoms with Gasteiger partial charge < -0.3 is 19.7 Å². The summed E-state index contributed by atoms with van der Waals surface area (Å²) in [5.74, 6) is -1.37. The van der Waals surface area contributed by atoms with E-state index in [1.807, 2.05) is 0 Å². The quantitative estimate of drug-likeness (QED) is 0.819. The Bertz CT molecular complexity index is 655. The number of aromatic hydroxyl groups is 1. The van der Waals surface area contributed by atoms with Crippen LogP contribution in [0.3, 0.4) is 0 Å². The number of amides is 2. The summed E-state index contributed by atoms with van der Waals surface area (Å²) in [6.07, 6.45) is -2.39. The predicted octanol–water partition coefficient (Wildman–Crippen LogP) is 3.56. The molecule has 1 aromatic rings. The number of ether oxygens (including phenoxy) is 2. The molecule has 1 aromatic carbocycles. The second-order valence-electron chi connectivity index (χ2n) is 8.06. The minimum absolute atomic E-state index is 0.0155. The summed E-state index contributed by atoms with van der Waals surface area (Å²) in [5, 5.41) is 19.0. The molecule has 150 valence electrons. The van der Waals surface area contributed by atoms with Crippen molar-refractivity contribution in [3.63, 3.8) is 0 Å². The van der Waals surface area contributed by atoms with Gasteiger partial charge in [0.25, 0.3) is 0 Å². The normalized spacial score (nSPS) is 12.8. The highest BCUT2D eigenvalue weighted by molar-refractivity contribution is 5.93. The summed E-state index contributed by atoms with van der Waals surface area (Å²) in [6.45, 7) is 9.63. The molecule has 0 bridgehead atoms. The number of phenolic OH excluding ortho intramolecular Hbond substituents is 1. The number of hydrogen-bond acceptors (Lipinski definition) is 6. The lowest BCUT2D eigenvalue weighted by Gasteiger charge is -2.31. The standard InChI is InChI=1S/C19H27NO7/c1-18(2,3)26-16(24)20(17(25)27-19(4,5)6)14(15(22)23)11-12-7-9-13(21)10-8-12/h7-10,14,21H,11H2,1-6H3,(H,22,23)/t14-/m0/s1. The van der Waals surface area contributed by atoms with Crippen LogP contribution in [0.5, 0.6) is 5.75 Å². The maximum absolute atomic E-state index is 12.6. The maximum Gasteiger partial charge on any atom is 0.420 e. The van der Waals surface area contributed by atoms with E-state index in [4.69, 9.17) is 9.47 Å². The van der Waals surface area contributed by atoms with E-state index < -0.39 is 35.4 Å². The lowest BCUT2D eigenvalue weighted by atomic mass is 10.0. The number of imide groups is 1. The van der Waals surface area contributed by atoms with Crippen LogP contribution < -0.4 is 0 Å². The van der Waals surface area contributed by atoms with E-state index in [9.17, 15) is 24.6 Å². The molecule has 0 aliphatic carbocycles. The lowest BCUT2D eigenvalue weighted by Crippen LogP contribution is -2.52. The Morgan fingerprint density at radius 2 is 1.33 bits per heavy atom. The fourth-order valence-corrected chi connectivity index (χ4v) is 2.10. The van der Waals surface area contributed by atoms with Crippen molar-refractivity contribution in [3.8, 4) is 5.75 Å². The SMILES string of the molecule is CC(C)(C)OC(=O)N(C(=O)OC(C)(C)C)[C@@H](Cc1ccc(O)cc1)C(=O)O. The number of aliphatic carboxylic acids is 1. The smallest absolute Gasteiger partial charge is 0.420 e. The van der Waals surface area contributed by atoms with Gasteiger partial charge in [-0.05, 0) is 59.2 Å². The van der Waals surface area contributed by atoms with Gasteiger partial charge in [0.1, 0.15) is 23.0 Å². The summed E-state index contributed by atoms with van der Waals surface area (Å²) in [6, 6.07) is 4.25. The average Bonchev–Trinajstić information content (AvgIpc) is 2.44. The van der Waals surface area contributed by atoms with Gasteiger partial charge in [-0.15, -0.1) is 0 Å². The van der Waals surface area contributed by atoms with E-state index >= 15 is 0 Å². The van der Waals surface area contributed by atoms with Crippen LogP contribution in [-0.2, 0) is 20.7 Å². The third-order valence-corrected chi connectivity index (χ3v) is 3.14. The van der Waals surface area contributed by atoms with Crippen molar-refractivity contribution in [2.45, 2.75) is 65.2 Å². The first-order valence-electron chi connectivity index (χ1n) is 8.45. The second-order valence-corrected chi connectivity index (χ2v) is 8.06. The molecule has 1 rings (SSSR count). The largest absolute Gasteiger partial charge is 0.508 e. The van der Waals surface area contributed by atoms with Crippen molar-refractivity contribution in [2.75, 3.05) is 0 Å². The van der Waals surface area contributed by atoms with Crippen molar-refractivity contribution in [2.24, 2.45) is 0 Å². The molecular weight excluding hydrogens is 354 g/mol. The van der Waals surface area contributed by atoms with Gasteiger partial charge in [-0.3, -0.25) is 0 Å². The molecule has 0 spiro atoms. The molecule has 2 amide bonds. The Morgan fingerprint density at radius 1 is 0.926 bits per heavy atom. The van der Waals surface area contributed by atoms with Crippen LogP contribution in [0.15, 0.2) is 24.3 Å². The molecule has 0 fully saturated rings. The van der Waals surface area contributed by atoms with Gasteiger partial charge in [0.05, 0.1) is 0 Å². The molecule has 27 heavy (non-hydrogen) atoms. The molecule has 0 saturated carbocycles. The Labute approximate surface area is 158 Å².